The van der Waals surface area contributed by atoms with Crippen LogP contribution in [0.1, 0.15) is 25.7 Å². The molecule has 0 aromatic heterocycles. The molecule has 6 heteroatoms. The Morgan fingerprint density at radius 2 is 1.00 bits per heavy atom. The van der Waals surface area contributed by atoms with Gasteiger partial charge in [-0.3, -0.25) is 0 Å². The van der Waals surface area contributed by atoms with Crippen LogP contribution in [0.5, 0.6) is 0 Å². The number of alkyl halides is 6. The van der Waals surface area contributed by atoms with Crippen molar-refractivity contribution in [2.45, 2.75) is 50.5 Å². The Labute approximate surface area is 131 Å². The second kappa shape index (κ2) is 3.89. The maximum absolute atomic E-state index is 6.73. The Hall–Kier alpha value is 1.74. The molecule has 0 amide bonds. The third-order valence-electron chi connectivity index (χ3n) is 4.90. The van der Waals surface area contributed by atoms with Gasteiger partial charge >= 0.3 is 0 Å². The molecular formula is C11H12Cl6. The molecule has 0 N–H and O–H groups in total. The van der Waals surface area contributed by atoms with Gasteiger partial charge in [0.25, 0.3) is 0 Å². The lowest BCUT2D eigenvalue weighted by atomic mass is 9.89. The zero-order valence-electron chi connectivity index (χ0n) is 8.91. The van der Waals surface area contributed by atoms with Gasteiger partial charge < -0.3 is 0 Å². The standard InChI is InChI=1S/C11H12Cl6/c12-7-3-1-5-6-2-4-8(13)10(6,15)11(16,17)9(5,7)14/h5-8H,1-4H2/t5-,6+,7?,8?,9-,10+. The maximum Gasteiger partial charge on any atom is 0.159 e. The van der Waals surface area contributed by atoms with Gasteiger partial charge in [0.2, 0.25) is 0 Å². The molecule has 0 saturated heterocycles. The smallest absolute Gasteiger partial charge is 0.121 e. The topological polar surface area (TPSA) is 0 Å². The van der Waals surface area contributed by atoms with E-state index in [0.29, 0.717) is 0 Å². The van der Waals surface area contributed by atoms with Crippen LogP contribution in [0.25, 0.3) is 0 Å². The molecule has 2 unspecified atom stereocenters. The molecule has 17 heavy (non-hydrogen) atoms. The minimum Gasteiger partial charge on any atom is -0.121 e. The van der Waals surface area contributed by atoms with E-state index in [1.165, 1.54) is 0 Å². The van der Waals surface area contributed by atoms with Crippen molar-refractivity contribution in [2.75, 3.05) is 0 Å². The molecule has 6 atom stereocenters. The van der Waals surface area contributed by atoms with E-state index < -0.39 is 14.1 Å². The monoisotopic (exact) mass is 354 g/mol. The molecule has 3 aliphatic rings. The average Bonchev–Trinajstić information content (AvgIpc) is 2.75. The van der Waals surface area contributed by atoms with Crippen molar-refractivity contribution in [3.8, 4) is 0 Å². The highest BCUT2D eigenvalue weighted by Gasteiger charge is 2.80. The van der Waals surface area contributed by atoms with Crippen LogP contribution >= 0.6 is 69.6 Å². The van der Waals surface area contributed by atoms with Crippen molar-refractivity contribution in [3.63, 3.8) is 0 Å². The molecule has 0 spiro atoms. The van der Waals surface area contributed by atoms with Gasteiger partial charge in [0.1, 0.15) is 0 Å². The Morgan fingerprint density at radius 1 is 0.647 bits per heavy atom. The summed E-state index contributed by atoms with van der Waals surface area (Å²) < 4.78 is -1.27. The first kappa shape index (κ1) is 13.7. The summed E-state index contributed by atoms with van der Waals surface area (Å²) in [6, 6.07) is 0. The molecule has 98 valence electrons. The molecule has 3 aliphatic carbocycles. The van der Waals surface area contributed by atoms with Gasteiger partial charge in [0.05, 0.1) is 20.5 Å². The Balaban J connectivity index is 2.15. The lowest BCUT2D eigenvalue weighted by Gasteiger charge is -2.41. The van der Waals surface area contributed by atoms with Crippen LogP contribution in [0.4, 0.5) is 0 Å². The third-order valence-corrected chi connectivity index (χ3v) is 9.54. The molecule has 0 radical (unpaired) electrons. The zero-order valence-corrected chi connectivity index (χ0v) is 13.4. The van der Waals surface area contributed by atoms with Crippen LogP contribution in [-0.4, -0.2) is 24.8 Å². The van der Waals surface area contributed by atoms with Crippen LogP contribution in [0.3, 0.4) is 0 Å². The van der Waals surface area contributed by atoms with E-state index in [4.69, 9.17) is 69.6 Å². The summed E-state index contributed by atoms with van der Waals surface area (Å²) in [5.74, 6) is 0.339. The average molecular weight is 357 g/mol. The maximum atomic E-state index is 6.73. The minimum atomic E-state index is -1.27. The fourth-order valence-electron chi connectivity index (χ4n) is 4.10. The summed E-state index contributed by atoms with van der Waals surface area (Å²) in [6.07, 6.45) is 3.55. The SMILES string of the molecule is ClC1CC[C@H]2[C@H]3CCC(Cl)[C@@]3(Cl)C(Cl)(Cl)[C@@]12Cl. The first-order valence-corrected chi connectivity index (χ1v) is 8.20. The first-order chi connectivity index (χ1) is 7.78. The number of halogens is 6. The van der Waals surface area contributed by atoms with Crippen LogP contribution in [0.15, 0.2) is 0 Å². The number of fused-ring (bicyclic) bond motifs is 3. The van der Waals surface area contributed by atoms with Gasteiger partial charge in [-0.2, -0.15) is 0 Å². The van der Waals surface area contributed by atoms with Crippen molar-refractivity contribution >= 4 is 69.6 Å². The van der Waals surface area contributed by atoms with Gasteiger partial charge in [-0.05, 0) is 37.5 Å². The van der Waals surface area contributed by atoms with E-state index in [1.54, 1.807) is 0 Å². The van der Waals surface area contributed by atoms with Gasteiger partial charge in [-0.25, -0.2) is 0 Å². The highest BCUT2D eigenvalue weighted by Crippen LogP contribution is 2.75. The van der Waals surface area contributed by atoms with Crippen molar-refractivity contribution in [1.29, 1.82) is 0 Å². The third kappa shape index (κ3) is 1.32. The zero-order chi connectivity index (χ0) is 12.6. The minimum absolute atomic E-state index is 0.169. The predicted molar refractivity (Wildman–Crippen MR) is 76.3 cm³/mol. The predicted octanol–water partition coefficient (Wildman–Crippen LogP) is 5.16. The second-order valence-corrected chi connectivity index (χ2v) is 9.05. The van der Waals surface area contributed by atoms with Gasteiger partial charge in [0, 0.05) is 0 Å². The van der Waals surface area contributed by atoms with Crippen LogP contribution in [0, 0.1) is 11.8 Å². The summed E-state index contributed by atoms with van der Waals surface area (Å²) in [4.78, 5) is -1.70. The van der Waals surface area contributed by atoms with Crippen molar-refractivity contribution in [3.05, 3.63) is 0 Å². The summed E-state index contributed by atoms with van der Waals surface area (Å²) in [6.45, 7) is 0. The largest absolute Gasteiger partial charge is 0.159 e. The van der Waals surface area contributed by atoms with E-state index in [1.807, 2.05) is 0 Å². The molecule has 0 bridgehead atoms. The second-order valence-electron chi connectivity index (χ2n) is 5.41. The highest BCUT2D eigenvalue weighted by atomic mass is 35.5. The molecule has 3 saturated carbocycles. The molecular weight excluding hydrogens is 345 g/mol. The fourth-order valence-corrected chi connectivity index (χ4v) is 7.41. The molecule has 0 heterocycles. The lowest BCUT2D eigenvalue weighted by Crippen LogP contribution is -2.55. The first-order valence-electron chi connectivity index (χ1n) is 5.81. The highest BCUT2D eigenvalue weighted by molar-refractivity contribution is 6.60. The number of hydrogen-bond acceptors (Lipinski definition) is 0. The van der Waals surface area contributed by atoms with Gasteiger partial charge in [0.15, 0.2) is 4.33 Å². The van der Waals surface area contributed by atoms with Gasteiger partial charge in [-0.15, -0.1) is 46.4 Å². The lowest BCUT2D eigenvalue weighted by molar-refractivity contribution is 0.356. The normalized spacial score (nSPS) is 60.4. The van der Waals surface area contributed by atoms with Crippen LogP contribution in [0.2, 0.25) is 0 Å². The van der Waals surface area contributed by atoms with E-state index >= 15 is 0 Å². The molecule has 3 rings (SSSR count). The van der Waals surface area contributed by atoms with Crippen LogP contribution in [-0.2, 0) is 0 Å². The van der Waals surface area contributed by atoms with Crippen molar-refractivity contribution in [2.24, 2.45) is 11.8 Å². The van der Waals surface area contributed by atoms with E-state index in [9.17, 15) is 0 Å². The molecule has 0 aromatic carbocycles. The van der Waals surface area contributed by atoms with Crippen molar-refractivity contribution < 1.29 is 0 Å². The van der Waals surface area contributed by atoms with E-state index in [2.05, 4.69) is 0 Å². The molecule has 0 aliphatic heterocycles. The van der Waals surface area contributed by atoms with Gasteiger partial charge in [-0.1, -0.05) is 23.2 Å². The van der Waals surface area contributed by atoms with E-state index in [-0.39, 0.29) is 22.6 Å². The van der Waals surface area contributed by atoms with E-state index in [0.717, 1.165) is 25.7 Å². The van der Waals surface area contributed by atoms with Crippen LogP contribution < -0.4 is 0 Å². The quantitative estimate of drug-likeness (QED) is 0.525. The summed E-state index contributed by atoms with van der Waals surface area (Å²) >= 11 is 39.3. The Bertz CT molecular complexity index is 326. The number of hydrogen-bond donors (Lipinski definition) is 0. The fraction of sp³-hybridized carbons (Fsp3) is 1.00. The Kier molecular flexibility index (Phi) is 3.14. The van der Waals surface area contributed by atoms with Crippen molar-refractivity contribution in [1.82, 2.24) is 0 Å². The summed E-state index contributed by atoms with van der Waals surface area (Å²) in [7, 11) is 0. The summed E-state index contributed by atoms with van der Waals surface area (Å²) in [5, 5.41) is -0.483. The molecule has 0 nitrogen and oxygen atoms in total. The number of rotatable bonds is 0. The Morgan fingerprint density at radius 3 is 1.35 bits per heavy atom. The molecule has 3 fully saturated rings. The molecule has 0 aromatic rings. The summed E-state index contributed by atoms with van der Waals surface area (Å²) in [5.41, 5.74) is 0.